The van der Waals surface area contributed by atoms with Gasteiger partial charge in [-0.25, -0.2) is 0 Å². The fraction of sp³-hybridized carbons (Fsp3) is 0.0556. The van der Waals surface area contributed by atoms with E-state index >= 15 is 0 Å². The Morgan fingerprint density at radius 3 is 2.19 bits per heavy atom. The molecule has 0 bridgehead atoms. The van der Waals surface area contributed by atoms with Gasteiger partial charge in [0.25, 0.3) is 0 Å². The smallest absolute Gasteiger partial charge is 0.234 e. The first kappa shape index (κ1) is 12.5. The van der Waals surface area contributed by atoms with E-state index in [1.54, 1.807) is 0 Å². The van der Waals surface area contributed by atoms with Crippen LogP contribution in [0.15, 0.2) is 54.6 Å². The molecule has 3 heteroatoms. The van der Waals surface area contributed by atoms with Crippen molar-refractivity contribution in [2.24, 2.45) is 0 Å². The Hall–Kier alpha value is -2.26. The molecule has 0 atom stereocenters. The van der Waals surface area contributed by atoms with E-state index in [2.05, 4.69) is 66.5 Å². The minimum absolute atomic E-state index is 0.0895. The van der Waals surface area contributed by atoms with E-state index in [4.69, 9.17) is 0 Å². The SMILES string of the molecule is O=C(CS)Nc1ccc2ccc3cccc4ccc1c2c34. The van der Waals surface area contributed by atoms with Crippen LogP contribution >= 0.6 is 12.6 Å². The molecule has 102 valence electrons. The summed E-state index contributed by atoms with van der Waals surface area (Å²) in [4.78, 5) is 11.7. The number of amides is 1. The number of hydrogen-bond acceptors (Lipinski definition) is 2. The van der Waals surface area contributed by atoms with Crippen LogP contribution in [0.4, 0.5) is 5.69 Å². The highest BCUT2D eigenvalue weighted by atomic mass is 32.1. The third kappa shape index (κ3) is 1.85. The minimum atomic E-state index is -0.0895. The van der Waals surface area contributed by atoms with E-state index < -0.39 is 0 Å². The molecule has 21 heavy (non-hydrogen) atoms. The van der Waals surface area contributed by atoms with Crippen molar-refractivity contribution in [3.63, 3.8) is 0 Å². The van der Waals surface area contributed by atoms with Gasteiger partial charge in [0.1, 0.15) is 0 Å². The standard InChI is InChI=1S/C18H13NOS/c20-16(10-21)19-15-9-7-13-5-4-11-2-1-3-12-6-8-14(15)18(13)17(11)12/h1-9,21H,10H2,(H,19,20). The first-order chi connectivity index (χ1) is 10.3. The second-order valence-electron chi connectivity index (χ2n) is 5.18. The molecule has 4 aromatic rings. The van der Waals surface area contributed by atoms with Crippen molar-refractivity contribution < 1.29 is 4.79 Å². The van der Waals surface area contributed by atoms with E-state index in [-0.39, 0.29) is 11.7 Å². The molecule has 0 aliphatic heterocycles. The highest BCUT2D eigenvalue weighted by Gasteiger charge is 2.11. The zero-order chi connectivity index (χ0) is 14.4. The first-order valence-electron chi connectivity index (χ1n) is 6.85. The van der Waals surface area contributed by atoms with Crippen molar-refractivity contribution >= 4 is 56.5 Å². The number of anilines is 1. The van der Waals surface area contributed by atoms with Crippen LogP contribution in [0.5, 0.6) is 0 Å². The fourth-order valence-corrected chi connectivity index (χ4v) is 3.11. The van der Waals surface area contributed by atoms with E-state index in [0.29, 0.717) is 0 Å². The summed E-state index contributed by atoms with van der Waals surface area (Å²) in [6.45, 7) is 0. The maximum atomic E-state index is 11.7. The lowest BCUT2D eigenvalue weighted by Gasteiger charge is -2.14. The van der Waals surface area contributed by atoms with Crippen molar-refractivity contribution in [3.8, 4) is 0 Å². The lowest BCUT2D eigenvalue weighted by Crippen LogP contribution is -2.12. The Morgan fingerprint density at radius 2 is 1.48 bits per heavy atom. The van der Waals surface area contributed by atoms with Crippen LogP contribution in [0.1, 0.15) is 0 Å². The molecule has 0 fully saturated rings. The van der Waals surface area contributed by atoms with Crippen LogP contribution in [0, 0.1) is 0 Å². The zero-order valence-corrected chi connectivity index (χ0v) is 12.2. The van der Waals surface area contributed by atoms with Gasteiger partial charge in [-0.1, -0.05) is 48.5 Å². The average molecular weight is 291 g/mol. The molecule has 1 amide bonds. The Labute approximate surface area is 127 Å². The molecule has 4 rings (SSSR count). The van der Waals surface area contributed by atoms with Gasteiger partial charge >= 0.3 is 0 Å². The van der Waals surface area contributed by atoms with Gasteiger partial charge < -0.3 is 5.32 Å². The Kier molecular flexibility index (Phi) is 2.76. The molecule has 0 saturated carbocycles. The number of carbonyl (C=O) groups excluding carboxylic acids is 1. The summed E-state index contributed by atoms with van der Waals surface area (Å²) >= 11 is 4.02. The molecule has 0 spiro atoms. The van der Waals surface area contributed by atoms with Gasteiger partial charge in [0.15, 0.2) is 0 Å². The molecule has 1 N–H and O–H groups in total. The van der Waals surface area contributed by atoms with Crippen molar-refractivity contribution in [2.75, 3.05) is 11.1 Å². The predicted molar refractivity (Wildman–Crippen MR) is 92.6 cm³/mol. The molecule has 0 saturated heterocycles. The minimum Gasteiger partial charge on any atom is -0.325 e. The van der Waals surface area contributed by atoms with Crippen LogP contribution in [0.25, 0.3) is 32.3 Å². The number of benzene rings is 4. The van der Waals surface area contributed by atoms with Crippen LogP contribution in [0.3, 0.4) is 0 Å². The van der Waals surface area contributed by atoms with Crippen LogP contribution in [-0.2, 0) is 4.79 Å². The molecular formula is C18H13NOS. The number of hydrogen-bond donors (Lipinski definition) is 2. The second-order valence-corrected chi connectivity index (χ2v) is 5.49. The lowest BCUT2D eigenvalue weighted by molar-refractivity contribution is -0.113. The normalized spacial score (nSPS) is 11.5. The van der Waals surface area contributed by atoms with Crippen molar-refractivity contribution in [1.82, 2.24) is 0 Å². The van der Waals surface area contributed by atoms with Crippen LogP contribution in [0.2, 0.25) is 0 Å². The Balaban J connectivity index is 2.13. The summed E-state index contributed by atoms with van der Waals surface area (Å²) in [7, 11) is 0. The van der Waals surface area contributed by atoms with Crippen LogP contribution in [-0.4, -0.2) is 11.7 Å². The largest absolute Gasteiger partial charge is 0.325 e. The van der Waals surface area contributed by atoms with Gasteiger partial charge in [0.2, 0.25) is 5.91 Å². The molecule has 0 aromatic heterocycles. The van der Waals surface area contributed by atoms with Gasteiger partial charge in [-0.05, 0) is 33.0 Å². The summed E-state index contributed by atoms with van der Waals surface area (Å²) in [6.07, 6.45) is 0. The van der Waals surface area contributed by atoms with Gasteiger partial charge in [-0.15, -0.1) is 0 Å². The Morgan fingerprint density at radius 1 is 0.857 bits per heavy atom. The molecule has 4 aromatic carbocycles. The summed E-state index contributed by atoms with van der Waals surface area (Å²) in [5.41, 5.74) is 0.847. The molecule has 0 aliphatic carbocycles. The summed E-state index contributed by atoms with van der Waals surface area (Å²) < 4.78 is 0. The molecular weight excluding hydrogens is 278 g/mol. The van der Waals surface area contributed by atoms with E-state index in [0.717, 1.165) is 11.1 Å². The molecule has 0 heterocycles. The van der Waals surface area contributed by atoms with E-state index in [1.807, 2.05) is 6.07 Å². The summed E-state index contributed by atoms with van der Waals surface area (Å²) in [5, 5.41) is 10.1. The Bertz CT molecular complexity index is 961. The monoisotopic (exact) mass is 291 g/mol. The predicted octanol–water partition coefficient (Wildman–Crippen LogP) is 4.45. The zero-order valence-electron chi connectivity index (χ0n) is 11.3. The van der Waals surface area contributed by atoms with Gasteiger partial charge in [-0.2, -0.15) is 12.6 Å². The third-order valence-electron chi connectivity index (χ3n) is 3.95. The third-order valence-corrected chi connectivity index (χ3v) is 4.23. The molecule has 0 radical (unpaired) electrons. The quantitative estimate of drug-likeness (QED) is 0.414. The van der Waals surface area contributed by atoms with Gasteiger partial charge in [0, 0.05) is 11.1 Å². The maximum absolute atomic E-state index is 11.7. The molecule has 0 aliphatic rings. The average Bonchev–Trinajstić information content (AvgIpc) is 2.53. The van der Waals surface area contributed by atoms with Crippen LogP contribution < -0.4 is 5.32 Å². The van der Waals surface area contributed by atoms with Gasteiger partial charge in [-0.3, -0.25) is 4.79 Å². The maximum Gasteiger partial charge on any atom is 0.234 e. The number of nitrogens with one attached hydrogen (secondary N) is 1. The van der Waals surface area contributed by atoms with E-state index in [1.165, 1.54) is 26.9 Å². The number of rotatable bonds is 2. The topological polar surface area (TPSA) is 29.1 Å². The first-order valence-corrected chi connectivity index (χ1v) is 7.48. The van der Waals surface area contributed by atoms with E-state index in [9.17, 15) is 4.79 Å². The summed E-state index contributed by atoms with van der Waals surface area (Å²) in [6, 6.07) is 18.8. The fourth-order valence-electron chi connectivity index (χ4n) is 3.03. The number of carbonyl (C=O) groups is 1. The van der Waals surface area contributed by atoms with Crippen molar-refractivity contribution in [3.05, 3.63) is 54.6 Å². The lowest BCUT2D eigenvalue weighted by atomic mass is 9.93. The molecule has 0 unspecified atom stereocenters. The van der Waals surface area contributed by atoms with Gasteiger partial charge in [0.05, 0.1) is 5.75 Å². The second kappa shape index (κ2) is 4.64. The number of thiol groups is 1. The molecule has 2 nitrogen and oxygen atoms in total. The summed E-state index contributed by atoms with van der Waals surface area (Å²) in [5.74, 6) is 0.0930. The van der Waals surface area contributed by atoms with Crippen molar-refractivity contribution in [1.29, 1.82) is 0 Å². The highest BCUT2D eigenvalue weighted by molar-refractivity contribution is 7.81. The van der Waals surface area contributed by atoms with Crippen molar-refractivity contribution in [2.45, 2.75) is 0 Å². The highest BCUT2D eigenvalue weighted by Crippen LogP contribution is 2.37.